The van der Waals surface area contributed by atoms with Crippen molar-refractivity contribution in [3.63, 3.8) is 0 Å². The lowest BCUT2D eigenvalue weighted by Gasteiger charge is -2.18. The lowest BCUT2D eigenvalue weighted by atomic mass is 10.0. The number of aryl methyl sites for hydroxylation is 1. The van der Waals surface area contributed by atoms with Gasteiger partial charge in [0.05, 0.1) is 12.6 Å². The van der Waals surface area contributed by atoms with Crippen molar-refractivity contribution in [1.82, 2.24) is 10.2 Å². The summed E-state index contributed by atoms with van der Waals surface area (Å²) in [6.07, 6.45) is -0.133. The molecule has 0 aromatic heterocycles. The molecule has 1 heterocycles. The Morgan fingerprint density at radius 1 is 1.08 bits per heavy atom. The highest BCUT2D eigenvalue weighted by Gasteiger charge is 2.38. The number of urea groups is 1. The van der Waals surface area contributed by atoms with Crippen LogP contribution in [-0.4, -0.2) is 34.5 Å². The van der Waals surface area contributed by atoms with Crippen LogP contribution in [0.4, 0.5) is 9.18 Å². The second-order valence-corrected chi connectivity index (χ2v) is 6.01. The number of aliphatic hydroxyl groups is 1. The largest absolute Gasteiger partial charge is 0.386 e. The van der Waals surface area contributed by atoms with E-state index in [0.29, 0.717) is 12.8 Å². The average molecular weight is 342 g/mol. The SMILES string of the molecule is O=C1N[C@@H](CCc2ccccc2)C(=O)N1C[C@H](O)c1ccccc1F. The van der Waals surface area contributed by atoms with E-state index in [1.807, 2.05) is 30.3 Å². The Labute approximate surface area is 145 Å². The van der Waals surface area contributed by atoms with Crippen LogP contribution in [-0.2, 0) is 11.2 Å². The van der Waals surface area contributed by atoms with E-state index in [0.717, 1.165) is 10.5 Å². The molecule has 1 aliphatic rings. The number of benzene rings is 2. The molecule has 0 bridgehead atoms. The molecule has 2 N–H and O–H groups in total. The van der Waals surface area contributed by atoms with Crippen LogP contribution in [0.5, 0.6) is 0 Å². The molecule has 3 rings (SSSR count). The summed E-state index contributed by atoms with van der Waals surface area (Å²) in [6, 6.07) is 14.3. The Balaban J connectivity index is 1.62. The first kappa shape index (κ1) is 17.1. The number of rotatable bonds is 6. The summed E-state index contributed by atoms with van der Waals surface area (Å²) in [7, 11) is 0. The van der Waals surface area contributed by atoms with E-state index in [9.17, 15) is 19.1 Å². The first-order valence-electron chi connectivity index (χ1n) is 8.14. The lowest BCUT2D eigenvalue weighted by Crippen LogP contribution is -2.35. The minimum Gasteiger partial charge on any atom is -0.386 e. The fourth-order valence-electron chi connectivity index (χ4n) is 2.92. The molecule has 130 valence electrons. The number of β-amino-alcohol motifs (C(OH)–C–C–N with tert-alkyl or cyclic N) is 1. The van der Waals surface area contributed by atoms with Crippen molar-refractivity contribution in [2.45, 2.75) is 25.0 Å². The second kappa shape index (κ2) is 7.44. The van der Waals surface area contributed by atoms with Crippen molar-refractivity contribution in [1.29, 1.82) is 0 Å². The third kappa shape index (κ3) is 3.85. The number of aliphatic hydroxyl groups excluding tert-OH is 1. The number of nitrogens with zero attached hydrogens (tertiary/aromatic N) is 1. The number of hydrogen-bond acceptors (Lipinski definition) is 3. The molecule has 3 amide bonds. The number of nitrogens with one attached hydrogen (secondary N) is 1. The Morgan fingerprint density at radius 2 is 1.76 bits per heavy atom. The van der Waals surface area contributed by atoms with Crippen molar-refractivity contribution >= 4 is 11.9 Å². The van der Waals surface area contributed by atoms with Crippen LogP contribution < -0.4 is 5.32 Å². The van der Waals surface area contributed by atoms with Crippen LogP contribution >= 0.6 is 0 Å². The molecular formula is C19H19FN2O3. The zero-order valence-corrected chi connectivity index (χ0v) is 13.6. The molecule has 0 unspecified atom stereocenters. The van der Waals surface area contributed by atoms with E-state index in [4.69, 9.17) is 0 Å². The van der Waals surface area contributed by atoms with Gasteiger partial charge in [0, 0.05) is 5.56 Å². The summed E-state index contributed by atoms with van der Waals surface area (Å²) >= 11 is 0. The van der Waals surface area contributed by atoms with E-state index in [1.165, 1.54) is 18.2 Å². The Morgan fingerprint density at radius 3 is 2.48 bits per heavy atom. The summed E-state index contributed by atoms with van der Waals surface area (Å²) in [5, 5.41) is 12.8. The molecule has 1 fully saturated rings. The summed E-state index contributed by atoms with van der Waals surface area (Å²) in [6.45, 7) is -0.270. The molecule has 5 nitrogen and oxygen atoms in total. The van der Waals surface area contributed by atoms with Crippen molar-refractivity contribution in [3.8, 4) is 0 Å². The van der Waals surface area contributed by atoms with Crippen LogP contribution in [0.2, 0.25) is 0 Å². The summed E-state index contributed by atoms with van der Waals surface area (Å²) < 4.78 is 13.7. The summed E-state index contributed by atoms with van der Waals surface area (Å²) in [5.74, 6) is -0.959. The van der Waals surface area contributed by atoms with E-state index >= 15 is 0 Å². The number of carbonyl (C=O) groups excluding carboxylic acids is 2. The van der Waals surface area contributed by atoms with Crippen LogP contribution in [0.25, 0.3) is 0 Å². The predicted octanol–water partition coefficient (Wildman–Crippen LogP) is 2.41. The highest BCUT2D eigenvalue weighted by atomic mass is 19.1. The highest BCUT2D eigenvalue weighted by molar-refractivity contribution is 6.04. The van der Waals surface area contributed by atoms with Gasteiger partial charge in [-0.15, -0.1) is 0 Å². The zero-order chi connectivity index (χ0) is 17.8. The van der Waals surface area contributed by atoms with E-state index in [2.05, 4.69) is 5.32 Å². The molecular weight excluding hydrogens is 323 g/mol. The third-order valence-corrected chi connectivity index (χ3v) is 4.29. The molecule has 2 aromatic rings. The van der Waals surface area contributed by atoms with Crippen LogP contribution in [0.3, 0.4) is 0 Å². The molecule has 0 spiro atoms. The van der Waals surface area contributed by atoms with Crippen LogP contribution in [0.15, 0.2) is 54.6 Å². The number of hydrogen-bond donors (Lipinski definition) is 2. The normalized spacial score (nSPS) is 18.3. The lowest BCUT2D eigenvalue weighted by molar-refractivity contribution is -0.128. The van der Waals surface area contributed by atoms with Gasteiger partial charge in [0.25, 0.3) is 5.91 Å². The van der Waals surface area contributed by atoms with Crippen LogP contribution in [0.1, 0.15) is 23.7 Å². The first-order chi connectivity index (χ1) is 12.1. The molecule has 2 atom stereocenters. The quantitative estimate of drug-likeness (QED) is 0.792. The van der Waals surface area contributed by atoms with Gasteiger partial charge in [0.1, 0.15) is 11.9 Å². The fourth-order valence-corrected chi connectivity index (χ4v) is 2.92. The fraction of sp³-hybridized carbons (Fsp3) is 0.263. The van der Waals surface area contributed by atoms with Gasteiger partial charge in [-0.25, -0.2) is 9.18 Å². The molecule has 25 heavy (non-hydrogen) atoms. The molecule has 2 aromatic carbocycles. The summed E-state index contributed by atoms with van der Waals surface area (Å²) in [4.78, 5) is 25.4. The maximum Gasteiger partial charge on any atom is 0.324 e. The molecule has 1 aliphatic heterocycles. The van der Waals surface area contributed by atoms with E-state index < -0.39 is 29.9 Å². The highest BCUT2D eigenvalue weighted by Crippen LogP contribution is 2.21. The molecule has 0 radical (unpaired) electrons. The van der Waals surface area contributed by atoms with Crippen molar-refractivity contribution in [2.75, 3.05) is 6.54 Å². The van der Waals surface area contributed by atoms with Crippen LogP contribution in [0, 0.1) is 5.82 Å². The first-order valence-corrected chi connectivity index (χ1v) is 8.14. The number of halogens is 1. The van der Waals surface area contributed by atoms with E-state index in [1.54, 1.807) is 6.07 Å². The Hall–Kier alpha value is -2.73. The standard InChI is InChI=1S/C19H19FN2O3/c20-15-9-5-4-8-14(15)17(23)12-22-18(24)16(21-19(22)25)11-10-13-6-2-1-3-7-13/h1-9,16-17,23H,10-12H2,(H,21,25)/t16-,17-/m0/s1. The molecule has 1 saturated heterocycles. The third-order valence-electron chi connectivity index (χ3n) is 4.29. The van der Waals surface area contributed by atoms with Crippen molar-refractivity contribution in [3.05, 3.63) is 71.5 Å². The van der Waals surface area contributed by atoms with E-state index in [-0.39, 0.29) is 12.1 Å². The average Bonchev–Trinajstić information content (AvgIpc) is 2.88. The van der Waals surface area contributed by atoms with Gasteiger partial charge in [-0.1, -0.05) is 48.5 Å². The molecule has 6 heteroatoms. The Kier molecular flexibility index (Phi) is 5.09. The minimum absolute atomic E-state index is 0.0656. The van der Waals surface area contributed by atoms with Gasteiger partial charge in [0.2, 0.25) is 0 Å². The predicted molar refractivity (Wildman–Crippen MR) is 90.2 cm³/mol. The van der Waals surface area contributed by atoms with Crippen molar-refractivity contribution < 1.29 is 19.1 Å². The maximum absolute atomic E-state index is 13.7. The second-order valence-electron chi connectivity index (χ2n) is 6.01. The number of amides is 3. The van der Waals surface area contributed by atoms with Gasteiger partial charge in [0.15, 0.2) is 0 Å². The van der Waals surface area contributed by atoms with Crippen molar-refractivity contribution in [2.24, 2.45) is 0 Å². The maximum atomic E-state index is 13.7. The van der Waals surface area contributed by atoms with Gasteiger partial charge < -0.3 is 10.4 Å². The molecule has 0 saturated carbocycles. The summed E-state index contributed by atoms with van der Waals surface area (Å²) in [5.41, 5.74) is 1.14. The minimum atomic E-state index is -1.26. The smallest absolute Gasteiger partial charge is 0.324 e. The number of imide groups is 1. The Bertz CT molecular complexity index is 766. The number of carbonyl (C=O) groups is 2. The topological polar surface area (TPSA) is 69.6 Å². The van der Waals surface area contributed by atoms with Gasteiger partial charge in [-0.05, 0) is 24.5 Å². The zero-order valence-electron chi connectivity index (χ0n) is 13.6. The van der Waals surface area contributed by atoms with Gasteiger partial charge in [-0.3, -0.25) is 9.69 Å². The van der Waals surface area contributed by atoms with Gasteiger partial charge in [-0.2, -0.15) is 0 Å². The van der Waals surface area contributed by atoms with Gasteiger partial charge >= 0.3 is 6.03 Å². The molecule has 0 aliphatic carbocycles. The monoisotopic (exact) mass is 342 g/mol.